The third-order valence-corrected chi connectivity index (χ3v) is 12.7. The van der Waals surface area contributed by atoms with Crippen LogP contribution in [0.15, 0.2) is 249 Å². The zero-order chi connectivity index (χ0) is 43.4. The Bertz CT molecular complexity index is 3160. The third kappa shape index (κ3) is 6.28. The predicted molar refractivity (Wildman–Crippen MR) is 268 cm³/mol. The van der Waals surface area contributed by atoms with Crippen LogP contribution in [-0.2, 0) is 0 Å². The van der Waals surface area contributed by atoms with E-state index in [-0.39, 0.29) is 6.71 Å². The normalized spacial score (nSPS) is 12.8. The lowest BCUT2D eigenvalue weighted by molar-refractivity contribution is 1.25. The zero-order valence-corrected chi connectivity index (χ0v) is 34.5. The van der Waals surface area contributed by atoms with E-state index in [1.54, 1.807) is 0 Å². The Labute approximate surface area is 372 Å². The Balaban J connectivity index is 1.18. The zero-order valence-electron chi connectivity index (χ0n) is 36.5. The average molecular weight is 803 g/mol. The van der Waals surface area contributed by atoms with Gasteiger partial charge in [0.25, 0.3) is 6.71 Å². The molecule has 0 fully saturated rings. The minimum absolute atomic E-state index is 0.229. The first-order valence-corrected chi connectivity index (χ1v) is 21.6. The van der Waals surface area contributed by atoms with E-state index >= 15 is 0 Å². The number of benzene rings is 10. The molecule has 0 unspecified atom stereocenters. The second-order valence-electron chi connectivity index (χ2n) is 16.3. The lowest BCUT2D eigenvalue weighted by Gasteiger charge is -2.44. The van der Waals surface area contributed by atoms with E-state index in [9.17, 15) is 0 Å². The van der Waals surface area contributed by atoms with E-state index in [4.69, 9.17) is 2.74 Å². The molecule has 2 heterocycles. The standard InChI is InChI=1S/C60H41BN2/c1-5-18-42(19-6-1)44-32-36-49(37-33-44)62-55-30-15-13-28-53(55)61-54-29-14-16-31-56(54)63(50-38-34-45(35-39-50)43-20-7-2-8-21-43)58-41-48(40-57(62)60(58)61)59-51(46-22-9-3-10-23-46)26-17-27-52(59)47-24-11-4-12-25-47/h1-41H/i13D,14D. The van der Waals surface area contributed by atoms with Gasteiger partial charge in [0.15, 0.2) is 0 Å². The molecule has 2 aliphatic heterocycles. The SMILES string of the molecule is [2H]c1ccc2c(c1)B1c3cc([2H])ccc3N(c3ccc(-c4ccccc4)cc3)c3cc(-c4c(-c5ccccc5)cccc4-c4ccccc4)cc(c31)N2c1ccc(-c2ccccc2)cc1. The average Bonchev–Trinajstić information content (AvgIpc) is 3.37. The number of fused-ring (bicyclic) bond motifs is 4. The molecule has 0 atom stereocenters. The van der Waals surface area contributed by atoms with E-state index in [0.717, 1.165) is 95.0 Å². The molecule has 0 bridgehead atoms. The molecule has 0 N–H and O–H groups in total. The summed E-state index contributed by atoms with van der Waals surface area (Å²) in [6.07, 6.45) is 0. The van der Waals surface area contributed by atoms with Crippen LogP contribution >= 0.6 is 0 Å². The summed E-state index contributed by atoms with van der Waals surface area (Å²) in [5, 5.41) is 0. The van der Waals surface area contributed by atoms with Crippen molar-refractivity contribution < 1.29 is 2.74 Å². The van der Waals surface area contributed by atoms with Gasteiger partial charge < -0.3 is 9.80 Å². The van der Waals surface area contributed by atoms with Crippen LogP contribution in [0, 0.1) is 0 Å². The van der Waals surface area contributed by atoms with Gasteiger partial charge in [0, 0.05) is 34.1 Å². The molecule has 0 aromatic heterocycles. The minimum Gasteiger partial charge on any atom is -0.311 e. The lowest BCUT2D eigenvalue weighted by atomic mass is 9.33. The maximum Gasteiger partial charge on any atom is 0.252 e. The van der Waals surface area contributed by atoms with Crippen LogP contribution in [0.4, 0.5) is 34.1 Å². The van der Waals surface area contributed by atoms with Crippen molar-refractivity contribution in [2.24, 2.45) is 0 Å². The maximum absolute atomic E-state index is 9.03. The first-order chi connectivity index (χ1) is 32.1. The molecule has 2 nitrogen and oxygen atoms in total. The van der Waals surface area contributed by atoms with Gasteiger partial charge in [-0.3, -0.25) is 0 Å². The highest BCUT2D eigenvalue weighted by Crippen LogP contribution is 2.49. The molecular weight excluding hydrogens is 759 g/mol. The first kappa shape index (κ1) is 34.6. The van der Waals surface area contributed by atoms with Gasteiger partial charge >= 0.3 is 0 Å². The van der Waals surface area contributed by atoms with Crippen LogP contribution in [-0.4, -0.2) is 6.71 Å². The number of hydrogen-bond donors (Lipinski definition) is 0. The fourth-order valence-corrected chi connectivity index (χ4v) is 9.91. The number of hydrogen-bond acceptors (Lipinski definition) is 2. The minimum atomic E-state index is -0.229. The summed E-state index contributed by atoms with van der Waals surface area (Å²) in [6.45, 7) is -0.229. The van der Waals surface area contributed by atoms with Gasteiger partial charge in [0.05, 0.1) is 2.74 Å². The Morgan fingerprint density at radius 3 is 1.10 bits per heavy atom. The van der Waals surface area contributed by atoms with Crippen molar-refractivity contribution in [3.63, 3.8) is 0 Å². The molecule has 2 aliphatic rings. The molecule has 63 heavy (non-hydrogen) atoms. The fraction of sp³-hybridized carbons (Fsp3) is 0. The Morgan fingerprint density at radius 2 is 0.683 bits per heavy atom. The van der Waals surface area contributed by atoms with E-state index in [2.05, 4.69) is 222 Å². The van der Waals surface area contributed by atoms with Gasteiger partial charge in [-0.25, -0.2) is 0 Å². The highest BCUT2D eigenvalue weighted by molar-refractivity contribution is 7.00. The Hall–Kier alpha value is -8.14. The number of anilines is 6. The smallest absolute Gasteiger partial charge is 0.252 e. The van der Waals surface area contributed by atoms with Crippen LogP contribution in [0.2, 0.25) is 0 Å². The summed E-state index contributed by atoms with van der Waals surface area (Å²) in [6, 6.07) is 84.8. The second kappa shape index (κ2) is 15.4. The number of rotatable bonds is 7. The monoisotopic (exact) mass is 802 g/mol. The summed E-state index contributed by atoms with van der Waals surface area (Å²) >= 11 is 0. The molecule has 3 heteroatoms. The van der Waals surface area contributed by atoms with Crippen LogP contribution in [0.5, 0.6) is 0 Å². The van der Waals surface area contributed by atoms with Gasteiger partial charge in [0.1, 0.15) is 0 Å². The number of para-hydroxylation sites is 2. The summed E-state index contributed by atoms with van der Waals surface area (Å²) in [7, 11) is 0. The van der Waals surface area contributed by atoms with Gasteiger partial charge in [-0.2, -0.15) is 0 Å². The van der Waals surface area contributed by atoms with Crippen molar-refractivity contribution in [3.05, 3.63) is 249 Å². The van der Waals surface area contributed by atoms with Crippen molar-refractivity contribution in [3.8, 4) is 55.6 Å². The molecule has 12 rings (SSSR count). The molecule has 10 aromatic carbocycles. The van der Waals surface area contributed by atoms with E-state index in [1.807, 2.05) is 24.3 Å². The topological polar surface area (TPSA) is 6.48 Å². The Kier molecular flexibility index (Phi) is 8.45. The first-order valence-electron chi connectivity index (χ1n) is 22.6. The highest BCUT2D eigenvalue weighted by Gasteiger charge is 2.43. The molecule has 294 valence electrons. The molecule has 0 saturated heterocycles. The summed E-state index contributed by atoms with van der Waals surface area (Å²) in [5.74, 6) is 0. The van der Waals surface area contributed by atoms with Gasteiger partial charge in [-0.05, 0) is 121 Å². The maximum atomic E-state index is 9.03. The van der Waals surface area contributed by atoms with Crippen molar-refractivity contribution >= 4 is 57.2 Å². The molecule has 0 spiro atoms. The molecule has 0 amide bonds. The lowest BCUT2D eigenvalue weighted by Crippen LogP contribution is -2.61. The Morgan fingerprint density at radius 1 is 0.302 bits per heavy atom. The fourth-order valence-electron chi connectivity index (χ4n) is 9.91. The van der Waals surface area contributed by atoms with Crippen molar-refractivity contribution in [2.75, 3.05) is 9.80 Å². The van der Waals surface area contributed by atoms with E-state index < -0.39 is 0 Å². The largest absolute Gasteiger partial charge is 0.311 e. The molecule has 0 aliphatic carbocycles. The molecule has 0 saturated carbocycles. The van der Waals surface area contributed by atoms with Gasteiger partial charge in [-0.1, -0.05) is 200 Å². The second-order valence-corrected chi connectivity index (χ2v) is 16.3. The van der Waals surface area contributed by atoms with E-state index in [0.29, 0.717) is 12.1 Å². The summed E-state index contributed by atoms with van der Waals surface area (Å²) in [4.78, 5) is 4.81. The predicted octanol–water partition coefficient (Wildman–Crippen LogP) is 14.1. The number of nitrogens with zero attached hydrogens (tertiary/aromatic N) is 2. The van der Waals surface area contributed by atoms with Gasteiger partial charge in [-0.15, -0.1) is 0 Å². The molecular formula is C60H41BN2. The van der Waals surface area contributed by atoms with Gasteiger partial charge in [0.2, 0.25) is 0 Å². The van der Waals surface area contributed by atoms with Crippen LogP contribution in [0.1, 0.15) is 2.74 Å². The quantitative estimate of drug-likeness (QED) is 0.148. The summed E-state index contributed by atoms with van der Waals surface area (Å²) < 4.78 is 18.1. The van der Waals surface area contributed by atoms with Crippen LogP contribution < -0.4 is 26.2 Å². The van der Waals surface area contributed by atoms with Crippen LogP contribution in [0.3, 0.4) is 0 Å². The van der Waals surface area contributed by atoms with Crippen LogP contribution in [0.25, 0.3) is 55.6 Å². The van der Waals surface area contributed by atoms with E-state index in [1.165, 1.54) is 11.1 Å². The van der Waals surface area contributed by atoms with Crippen molar-refractivity contribution in [2.45, 2.75) is 0 Å². The highest BCUT2D eigenvalue weighted by atomic mass is 15.2. The molecule has 10 aromatic rings. The molecule has 0 radical (unpaired) electrons. The summed E-state index contributed by atoms with van der Waals surface area (Å²) in [5.41, 5.74) is 20.9. The third-order valence-electron chi connectivity index (χ3n) is 12.7. The van der Waals surface area contributed by atoms with Crippen molar-refractivity contribution in [1.29, 1.82) is 0 Å². The van der Waals surface area contributed by atoms with Crippen molar-refractivity contribution in [1.82, 2.24) is 0 Å².